The highest BCUT2D eigenvalue weighted by Gasteiger charge is 2.42. The van der Waals surface area contributed by atoms with E-state index in [1.165, 1.54) is 25.7 Å². The van der Waals surface area contributed by atoms with Crippen molar-refractivity contribution in [2.45, 2.75) is 71.9 Å². The Morgan fingerprint density at radius 1 is 1.21 bits per heavy atom. The third kappa shape index (κ3) is 2.96. The molecule has 1 saturated heterocycles. The summed E-state index contributed by atoms with van der Waals surface area (Å²) < 4.78 is 0. The van der Waals surface area contributed by atoms with Crippen LogP contribution < -0.4 is 5.73 Å². The summed E-state index contributed by atoms with van der Waals surface area (Å²) in [6.45, 7) is 9.43. The summed E-state index contributed by atoms with van der Waals surface area (Å²) >= 11 is 0. The van der Waals surface area contributed by atoms with Crippen LogP contribution in [0.3, 0.4) is 0 Å². The number of hydrogen-bond donors (Lipinski definition) is 1. The van der Waals surface area contributed by atoms with Crippen molar-refractivity contribution in [2.24, 2.45) is 23.0 Å². The molecule has 2 rings (SSSR count). The van der Waals surface area contributed by atoms with Crippen LogP contribution >= 0.6 is 0 Å². The van der Waals surface area contributed by atoms with Gasteiger partial charge in [0.2, 0.25) is 5.91 Å². The largest absolute Gasteiger partial charge is 0.338 e. The van der Waals surface area contributed by atoms with Gasteiger partial charge in [0.25, 0.3) is 0 Å². The molecule has 2 fully saturated rings. The van der Waals surface area contributed by atoms with Crippen molar-refractivity contribution < 1.29 is 4.79 Å². The van der Waals surface area contributed by atoms with Gasteiger partial charge in [0.05, 0.1) is 6.04 Å². The zero-order valence-electron chi connectivity index (χ0n) is 13.0. The van der Waals surface area contributed by atoms with Crippen molar-refractivity contribution in [2.75, 3.05) is 6.54 Å². The molecular weight excluding hydrogens is 236 g/mol. The van der Waals surface area contributed by atoms with Crippen molar-refractivity contribution in [1.29, 1.82) is 0 Å². The molecule has 2 N–H and O–H groups in total. The number of nitrogens with zero attached hydrogens (tertiary/aromatic N) is 1. The van der Waals surface area contributed by atoms with Crippen LogP contribution in [0.5, 0.6) is 0 Å². The van der Waals surface area contributed by atoms with Crippen molar-refractivity contribution >= 4 is 5.91 Å². The van der Waals surface area contributed by atoms with E-state index in [-0.39, 0.29) is 17.4 Å². The molecule has 1 amide bonds. The van der Waals surface area contributed by atoms with Crippen LogP contribution in [-0.4, -0.2) is 29.4 Å². The Balaban J connectivity index is 2.13. The third-order valence-electron chi connectivity index (χ3n) is 5.22. The second kappa shape index (κ2) is 5.43. The van der Waals surface area contributed by atoms with Crippen LogP contribution in [0.4, 0.5) is 0 Å². The molecule has 1 aliphatic heterocycles. The number of fused-ring (bicyclic) bond motifs is 1. The van der Waals surface area contributed by atoms with Gasteiger partial charge in [0, 0.05) is 12.6 Å². The van der Waals surface area contributed by atoms with Crippen LogP contribution in [0.25, 0.3) is 0 Å². The summed E-state index contributed by atoms with van der Waals surface area (Å²) in [7, 11) is 0. The maximum absolute atomic E-state index is 12.7. The van der Waals surface area contributed by atoms with Crippen molar-refractivity contribution in [3.8, 4) is 0 Å². The molecule has 0 aromatic heterocycles. The molecule has 1 heterocycles. The van der Waals surface area contributed by atoms with Crippen LogP contribution in [0, 0.1) is 17.3 Å². The van der Waals surface area contributed by atoms with E-state index >= 15 is 0 Å². The van der Waals surface area contributed by atoms with Crippen LogP contribution in [0.1, 0.15) is 59.8 Å². The molecule has 1 aliphatic carbocycles. The highest BCUT2D eigenvalue weighted by molar-refractivity contribution is 5.83. The fourth-order valence-corrected chi connectivity index (χ4v) is 3.74. The summed E-state index contributed by atoms with van der Waals surface area (Å²) in [6.07, 6.45) is 6.21. The summed E-state index contributed by atoms with van der Waals surface area (Å²) in [5.41, 5.74) is 6.04. The quantitative estimate of drug-likeness (QED) is 0.793. The number of rotatable bonds is 1. The Bertz CT molecular complexity index is 334. The fraction of sp³-hybridized carbons (Fsp3) is 0.938. The number of carbonyl (C=O) groups is 1. The molecule has 3 heteroatoms. The van der Waals surface area contributed by atoms with E-state index in [4.69, 9.17) is 5.73 Å². The van der Waals surface area contributed by atoms with Crippen LogP contribution in [0.15, 0.2) is 0 Å². The number of hydrogen-bond acceptors (Lipinski definition) is 2. The first kappa shape index (κ1) is 14.8. The van der Waals surface area contributed by atoms with Crippen LogP contribution in [-0.2, 0) is 4.79 Å². The van der Waals surface area contributed by atoms with Gasteiger partial charge < -0.3 is 10.6 Å². The van der Waals surface area contributed by atoms with Crippen molar-refractivity contribution in [1.82, 2.24) is 4.90 Å². The van der Waals surface area contributed by atoms with Gasteiger partial charge in [0.1, 0.15) is 0 Å². The van der Waals surface area contributed by atoms with E-state index in [0.717, 1.165) is 18.9 Å². The average molecular weight is 266 g/mol. The summed E-state index contributed by atoms with van der Waals surface area (Å²) in [4.78, 5) is 14.8. The number of nitrogens with two attached hydrogens (primary N) is 1. The number of carbonyl (C=O) groups excluding carboxylic acids is 1. The molecule has 0 spiro atoms. The normalized spacial score (nSPS) is 33.7. The van der Waals surface area contributed by atoms with E-state index in [9.17, 15) is 4.79 Å². The lowest BCUT2D eigenvalue weighted by atomic mass is 9.72. The molecule has 2 aliphatic rings. The van der Waals surface area contributed by atoms with E-state index in [0.29, 0.717) is 12.0 Å². The monoisotopic (exact) mass is 266 g/mol. The summed E-state index contributed by atoms with van der Waals surface area (Å²) in [5.74, 6) is 1.65. The Hall–Kier alpha value is -0.570. The van der Waals surface area contributed by atoms with E-state index in [2.05, 4.69) is 32.6 Å². The lowest BCUT2D eigenvalue weighted by molar-refractivity contribution is -0.142. The average Bonchev–Trinajstić information content (AvgIpc) is 2.37. The zero-order chi connectivity index (χ0) is 14.2. The van der Waals surface area contributed by atoms with Gasteiger partial charge in [-0.3, -0.25) is 4.79 Å². The minimum absolute atomic E-state index is 0.149. The maximum atomic E-state index is 12.7. The van der Waals surface area contributed by atoms with Crippen molar-refractivity contribution in [3.05, 3.63) is 0 Å². The minimum Gasteiger partial charge on any atom is -0.338 e. The Morgan fingerprint density at radius 3 is 2.47 bits per heavy atom. The summed E-state index contributed by atoms with van der Waals surface area (Å²) in [5, 5.41) is 0. The molecule has 3 nitrogen and oxygen atoms in total. The summed E-state index contributed by atoms with van der Waals surface area (Å²) in [6, 6.07) is 0.0851. The molecule has 0 radical (unpaired) electrons. The molecule has 4 atom stereocenters. The van der Waals surface area contributed by atoms with Gasteiger partial charge in [-0.05, 0) is 36.5 Å². The number of amides is 1. The second-order valence-electron chi connectivity index (χ2n) is 7.66. The van der Waals surface area contributed by atoms with Gasteiger partial charge in [0.15, 0.2) is 0 Å². The van der Waals surface area contributed by atoms with Gasteiger partial charge in [-0.1, -0.05) is 40.5 Å². The molecule has 0 aromatic rings. The topological polar surface area (TPSA) is 46.3 Å². The minimum atomic E-state index is -0.372. The van der Waals surface area contributed by atoms with E-state index < -0.39 is 0 Å². The maximum Gasteiger partial charge on any atom is 0.240 e. The van der Waals surface area contributed by atoms with E-state index in [1.807, 2.05) is 0 Å². The van der Waals surface area contributed by atoms with E-state index in [1.54, 1.807) is 0 Å². The van der Waals surface area contributed by atoms with Gasteiger partial charge >= 0.3 is 0 Å². The van der Waals surface area contributed by atoms with Crippen molar-refractivity contribution in [3.63, 3.8) is 0 Å². The first-order valence-electron chi connectivity index (χ1n) is 7.88. The first-order valence-corrected chi connectivity index (χ1v) is 7.88. The van der Waals surface area contributed by atoms with Gasteiger partial charge in [-0.25, -0.2) is 0 Å². The predicted molar refractivity (Wildman–Crippen MR) is 78.7 cm³/mol. The molecule has 0 aromatic carbocycles. The fourth-order valence-electron chi connectivity index (χ4n) is 3.74. The Kier molecular flexibility index (Phi) is 4.24. The van der Waals surface area contributed by atoms with Gasteiger partial charge in [-0.15, -0.1) is 0 Å². The third-order valence-corrected chi connectivity index (χ3v) is 5.22. The van der Waals surface area contributed by atoms with Gasteiger partial charge in [-0.2, -0.15) is 0 Å². The molecule has 0 bridgehead atoms. The molecule has 4 unspecified atom stereocenters. The standard InChI is InChI=1S/C16H30N2O/c1-11-9-10-18(13-8-6-5-7-12(11)13)15(19)14(17)16(2,3)4/h11-14H,5-10,17H2,1-4H3. The lowest BCUT2D eigenvalue weighted by Crippen LogP contribution is -2.58. The Labute approximate surface area is 117 Å². The molecule has 1 saturated carbocycles. The zero-order valence-corrected chi connectivity index (χ0v) is 13.0. The molecular formula is C16H30N2O. The highest BCUT2D eigenvalue weighted by Crippen LogP contribution is 2.39. The highest BCUT2D eigenvalue weighted by atomic mass is 16.2. The lowest BCUT2D eigenvalue weighted by Gasteiger charge is -2.48. The number of likely N-dealkylation sites (tertiary alicyclic amines) is 1. The first-order chi connectivity index (χ1) is 8.82. The second-order valence-corrected chi connectivity index (χ2v) is 7.66. The molecule has 110 valence electrons. The molecule has 19 heavy (non-hydrogen) atoms. The number of piperidine rings is 1. The Morgan fingerprint density at radius 2 is 1.84 bits per heavy atom. The van der Waals surface area contributed by atoms with Crippen LogP contribution in [0.2, 0.25) is 0 Å². The smallest absolute Gasteiger partial charge is 0.240 e. The predicted octanol–water partition coefficient (Wildman–Crippen LogP) is 2.79. The SMILES string of the molecule is CC1CCN(C(=O)C(N)C(C)(C)C)C2CCCCC12.